The molecule has 0 saturated carbocycles. The fourth-order valence-electron chi connectivity index (χ4n) is 1.95. The molecule has 2 rings (SSSR count). The van der Waals surface area contributed by atoms with Crippen LogP contribution in [0, 0.1) is 0 Å². The summed E-state index contributed by atoms with van der Waals surface area (Å²) >= 11 is 3.09. The molecule has 0 aliphatic heterocycles. The minimum atomic E-state index is -0.682. The number of carbonyl (C=O) groups excluding carboxylic acids is 2. The molecule has 122 valence electrons. The molecule has 0 saturated heterocycles. The molecule has 1 N–H and O–H groups in total. The second kappa shape index (κ2) is 7.97. The molecule has 1 amide bonds. The number of nitrogens with one attached hydrogen (secondary N) is 1. The summed E-state index contributed by atoms with van der Waals surface area (Å²) in [6.45, 7) is 3.91. The van der Waals surface area contributed by atoms with E-state index in [0.717, 1.165) is 6.42 Å². The van der Waals surface area contributed by atoms with Crippen molar-refractivity contribution in [3.8, 4) is 0 Å². The number of rotatable bonds is 6. The predicted octanol–water partition coefficient (Wildman–Crippen LogP) is 4.35. The summed E-state index contributed by atoms with van der Waals surface area (Å²) in [6, 6.07) is 10.7. The van der Waals surface area contributed by atoms with Gasteiger partial charge < -0.3 is 14.5 Å². The van der Waals surface area contributed by atoms with Crippen LogP contribution in [0.25, 0.3) is 0 Å². The molecule has 0 fully saturated rings. The number of hydrogen-bond donors (Lipinski definition) is 1. The third-order valence-electron chi connectivity index (χ3n) is 3.48. The van der Waals surface area contributed by atoms with Crippen LogP contribution in [0.2, 0.25) is 0 Å². The molecular weight excluding hydrogens is 362 g/mol. The lowest BCUT2D eigenvalue weighted by atomic mass is 9.99. The largest absolute Gasteiger partial charge is 0.450 e. The maximum absolute atomic E-state index is 11.8. The Bertz CT molecular complexity index is 678. The van der Waals surface area contributed by atoms with Crippen LogP contribution in [0.15, 0.2) is 45.5 Å². The van der Waals surface area contributed by atoms with Gasteiger partial charge in [-0.15, -0.1) is 0 Å². The Kier molecular flexibility index (Phi) is 5.98. The van der Waals surface area contributed by atoms with E-state index in [1.807, 2.05) is 24.3 Å². The number of furan rings is 1. The number of esters is 1. The highest BCUT2D eigenvalue weighted by atomic mass is 79.9. The van der Waals surface area contributed by atoms with Crippen molar-refractivity contribution in [2.75, 3.05) is 11.9 Å². The van der Waals surface area contributed by atoms with Gasteiger partial charge in [-0.2, -0.15) is 0 Å². The van der Waals surface area contributed by atoms with Crippen LogP contribution in [-0.2, 0) is 9.53 Å². The van der Waals surface area contributed by atoms with Crippen molar-refractivity contribution >= 4 is 33.5 Å². The minimum absolute atomic E-state index is 0.0441. The molecule has 0 bridgehead atoms. The first-order valence-electron chi connectivity index (χ1n) is 7.32. The Morgan fingerprint density at radius 2 is 1.91 bits per heavy atom. The summed E-state index contributed by atoms with van der Waals surface area (Å²) in [5.74, 6) is -0.561. The highest BCUT2D eigenvalue weighted by Gasteiger charge is 2.14. The maximum atomic E-state index is 11.8. The van der Waals surface area contributed by atoms with Gasteiger partial charge >= 0.3 is 5.97 Å². The van der Waals surface area contributed by atoms with Gasteiger partial charge in [-0.3, -0.25) is 4.79 Å². The van der Waals surface area contributed by atoms with Gasteiger partial charge in [-0.05, 0) is 58.1 Å². The zero-order chi connectivity index (χ0) is 16.8. The summed E-state index contributed by atoms with van der Waals surface area (Å²) in [5.41, 5.74) is 1.89. The summed E-state index contributed by atoms with van der Waals surface area (Å²) in [4.78, 5) is 23.5. The van der Waals surface area contributed by atoms with E-state index >= 15 is 0 Å². The Morgan fingerprint density at radius 3 is 2.48 bits per heavy atom. The van der Waals surface area contributed by atoms with E-state index in [9.17, 15) is 9.59 Å². The van der Waals surface area contributed by atoms with Crippen LogP contribution in [0.4, 0.5) is 5.69 Å². The Hall–Kier alpha value is -2.08. The van der Waals surface area contributed by atoms with Gasteiger partial charge in [0.2, 0.25) is 5.76 Å². The quantitative estimate of drug-likeness (QED) is 0.757. The Balaban J connectivity index is 1.83. The van der Waals surface area contributed by atoms with E-state index in [1.165, 1.54) is 11.6 Å². The molecule has 0 radical (unpaired) electrons. The summed E-state index contributed by atoms with van der Waals surface area (Å²) in [6.07, 6.45) is 1.06. The molecule has 1 atom stereocenters. The molecule has 0 aliphatic carbocycles. The van der Waals surface area contributed by atoms with E-state index < -0.39 is 11.9 Å². The van der Waals surface area contributed by atoms with Crippen molar-refractivity contribution in [2.24, 2.45) is 0 Å². The first-order chi connectivity index (χ1) is 11.0. The third kappa shape index (κ3) is 4.96. The molecule has 23 heavy (non-hydrogen) atoms. The molecule has 5 nitrogen and oxygen atoms in total. The summed E-state index contributed by atoms with van der Waals surface area (Å²) in [7, 11) is 0. The third-order valence-corrected chi connectivity index (χ3v) is 3.91. The topological polar surface area (TPSA) is 68.5 Å². The van der Waals surface area contributed by atoms with Crippen molar-refractivity contribution in [1.82, 2.24) is 0 Å². The summed E-state index contributed by atoms with van der Waals surface area (Å²) in [5, 5.41) is 2.68. The average molecular weight is 380 g/mol. The zero-order valence-corrected chi connectivity index (χ0v) is 14.6. The minimum Gasteiger partial charge on any atom is -0.450 e. The van der Waals surface area contributed by atoms with Gasteiger partial charge in [0.1, 0.15) is 0 Å². The van der Waals surface area contributed by atoms with Gasteiger partial charge in [0.15, 0.2) is 11.3 Å². The smallest absolute Gasteiger partial charge is 0.374 e. The van der Waals surface area contributed by atoms with Crippen LogP contribution >= 0.6 is 15.9 Å². The van der Waals surface area contributed by atoms with E-state index in [-0.39, 0.29) is 12.4 Å². The van der Waals surface area contributed by atoms with Gasteiger partial charge in [0.25, 0.3) is 5.91 Å². The molecule has 6 heteroatoms. The molecule has 1 aromatic heterocycles. The van der Waals surface area contributed by atoms with Crippen LogP contribution in [0.3, 0.4) is 0 Å². The fourth-order valence-corrected chi connectivity index (χ4v) is 2.26. The SMILES string of the molecule is CCC(C)c1ccc(NC(=O)COC(=O)c2ccc(Br)o2)cc1. The lowest BCUT2D eigenvalue weighted by Crippen LogP contribution is -2.20. The van der Waals surface area contributed by atoms with Crippen molar-refractivity contribution in [2.45, 2.75) is 26.2 Å². The van der Waals surface area contributed by atoms with Crippen LogP contribution in [-0.4, -0.2) is 18.5 Å². The maximum Gasteiger partial charge on any atom is 0.374 e. The van der Waals surface area contributed by atoms with Crippen molar-refractivity contribution < 1.29 is 18.7 Å². The average Bonchev–Trinajstić information content (AvgIpc) is 2.99. The highest BCUT2D eigenvalue weighted by Crippen LogP contribution is 2.20. The second-order valence-corrected chi connectivity index (χ2v) is 5.94. The molecule has 1 heterocycles. The highest BCUT2D eigenvalue weighted by molar-refractivity contribution is 9.10. The normalized spacial score (nSPS) is 11.8. The van der Waals surface area contributed by atoms with Gasteiger partial charge in [0.05, 0.1) is 0 Å². The van der Waals surface area contributed by atoms with Gasteiger partial charge in [-0.1, -0.05) is 26.0 Å². The lowest BCUT2D eigenvalue weighted by Gasteiger charge is -2.10. The number of halogens is 1. The molecule has 1 unspecified atom stereocenters. The van der Waals surface area contributed by atoms with E-state index in [1.54, 1.807) is 6.07 Å². The number of benzene rings is 1. The fraction of sp³-hybridized carbons (Fsp3) is 0.294. The monoisotopic (exact) mass is 379 g/mol. The van der Waals surface area contributed by atoms with Crippen molar-refractivity contribution in [3.05, 3.63) is 52.4 Å². The van der Waals surface area contributed by atoms with E-state index in [2.05, 4.69) is 35.1 Å². The van der Waals surface area contributed by atoms with Crippen molar-refractivity contribution in [1.29, 1.82) is 0 Å². The standard InChI is InChI=1S/C17H18BrNO4/c1-3-11(2)12-4-6-13(7-5-12)19-16(20)10-22-17(21)14-8-9-15(18)23-14/h4-9,11H,3,10H2,1-2H3,(H,19,20). The molecule has 2 aromatic rings. The van der Waals surface area contributed by atoms with Crippen LogP contribution < -0.4 is 5.32 Å². The molecule has 0 spiro atoms. The number of anilines is 1. The van der Waals surface area contributed by atoms with Gasteiger partial charge in [0, 0.05) is 5.69 Å². The summed E-state index contributed by atoms with van der Waals surface area (Å²) < 4.78 is 10.4. The molecule has 1 aromatic carbocycles. The van der Waals surface area contributed by atoms with Crippen molar-refractivity contribution in [3.63, 3.8) is 0 Å². The Labute approximate surface area is 143 Å². The number of hydrogen-bond acceptors (Lipinski definition) is 4. The lowest BCUT2D eigenvalue weighted by molar-refractivity contribution is -0.119. The number of ether oxygens (including phenoxy) is 1. The molecular formula is C17H18BrNO4. The van der Waals surface area contributed by atoms with Gasteiger partial charge in [-0.25, -0.2) is 4.79 Å². The van der Waals surface area contributed by atoms with E-state index in [4.69, 9.17) is 9.15 Å². The Morgan fingerprint density at radius 1 is 1.22 bits per heavy atom. The second-order valence-electron chi connectivity index (χ2n) is 5.16. The molecule has 0 aliphatic rings. The van der Waals surface area contributed by atoms with E-state index in [0.29, 0.717) is 16.3 Å². The first kappa shape index (κ1) is 17.3. The predicted molar refractivity (Wildman–Crippen MR) is 90.5 cm³/mol. The van der Waals surface area contributed by atoms with Crippen LogP contribution in [0.5, 0.6) is 0 Å². The zero-order valence-electron chi connectivity index (χ0n) is 13.0. The number of amides is 1. The first-order valence-corrected chi connectivity index (χ1v) is 8.11. The number of carbonyl (C=O) groups is 2. The van der Waals surface area contributed by atoms with Crippen LogP contribution in [0.1, 0.15) is 42.3 Å².